The monoisotopic (exact) mass is 435 g/mol. The molecule has 4 heteroatoms. The minimum Gasteiger partial charge on any atom is -0.258 e. The molecule has 0 aromatic heterocycles. The van der Waals surface area contributed by atoms with Crippen LogP contribution in [0.5, 0.6) is 0 Å². The van der Waals surface area contributed by atoms with Crippen LogP contribution in [0.1, 0.15) is 90.9 Å². The molecular weight excluding hydrogens is 392 g/mol. The van der Waals surface area contributed by atoms with Crippen LogP contribution in [0.4, 0.5) is 0 Å². The quantitative estimate of drug-likeness (QED) is 0.158. The van der Waals surface area contributed by atoms with Crippen LogP contribution in [-0.4, -0.2) is 42.4 Å². The highest BCUT2D eigenvalue weighted by atomic mass is 15.4. The minimum absolute atomic E-state index is 0.896. The van der Waals surface area contributed by atoms with Gasteiger partial charge in [0, 0.05) is 0 Å². The molecule has 0 aromatic rings. The van der Waals surface area contributed by atoms with E-state index in [-0.39, 0.29) is 0 Å². The van der Waals surface area contributed by atoms with E-state index in [9.17, 15) is 0 Å². The molecule has 0 amide bonds. The average molecular weight is 436 g/mol. The number of hydrogen-bond donors (Lipinski definition) is 0. The molecule has 0 saturated carbocycles. The Morgan fingerprint density at radius 1 is 0.719 bits per heavy atom. The van der Waals surface area contributed by atoms with Crippen molar-refractivity contribution in [2.24, 2.45) is 15.0 Å². The third-order valence-electron chi connectivity index (χ3n) is 6.90. The molecule has 0 unspecified atom stereocenters. The lowest BCUT2D eigenvalue weighted by molar-refractivity contribution is -0.837. The Bertz CT molecular complexity index is 752. The predicted molar refractivity (Wildman–Crippen MR) is 139 cm³/mol. The summed E-state index contributed by atoms with van der Waals surface area (Å²) < 4.78 is 1.01. The fourth-order valence-corrected chi connectivity index (χ4v) is 5.02. The van der Waals surface area contributed by atoms with Crippen molar-refractivity contribution in [2.75, 3.05) is 19.6 Å². The molecule has 3 rings (SSSR count). The molecule has 32 heavy (non-hydrogen) atoms. The summed E-state index contributed by atoms with van der Waals surface area (Å²) in [4.78, 5) is 13.8. The summed E-state index contributed by atoms with van der Waals surface area (Å²) in [6.07, 6.45) is 25.6. The van der Waals surface area contributed by atoms with E-state index in [0.29, 0.717) is 0 Å². The number of unbranched alkanes of at least 4 members (excludes halogenated alkanes) is 8. The third kappa shape index (κ3) is 6.96. The Morgan fingerprint density at radius 3 is 1.81 bits per heavy atom. The van der Waals surface area contributed by atoms with Gasteiger partial charge in [-0.25, -0.2) is 0 Å². The van der Waals surface area contributed by atoms with Gasteiger partial charge in [0.05, 0.1) is 49.0 Å². The maximum absolute atomic E-state index is 5.17. The van der Waals surface area contributed by atoms with Crippen LogP contribution < -0.4 is 0 Å². The standard InChI is InChI=1S/C28H43N4/c1-3-5-7-9-11-21-32(22-12-10-8-6-4-2)24-27(25-13-17-29-18-14-25)23-31-28(32)26-15-19-30-20-16-26/h13,15,17-20,23H,3-12,14,16,21-22,24H2,1-2H3/q+3. The first kappa shape index (κ1) is 24.6. The number of aliphatic imine (C=N–C) groups is 3. The van der Waals surface area contributed by atoms with E-state index in [2.05, 4.69) is 42.2 Å². The molecule has 172 valence electrons. The predicted octanol–water partition coefficient (Wildman–Crippen LogP) is 7.17. The van der Waals surface area contributed by atoms with Gasteiger partial charge in [-0.1, -0.05) is 52.4 Å². The fraction of sp³-hybridized carbons (Fsp3) is 0.607. The summed E-state index contributed by atoms with van der Waals surface area (Å²) in [6, 6.07) is 0. The van der Waals surface area contributed by atoms with Gasteiger partial charge in [-0.15, -0.1) is 9.98 Å². The first-order chi connectivity index (χ1) is 15.8. The van der Waals surface area contributed by atoms with E-state index in [1.54, 1.807) is 0 Å². The van der Waals surface area contributed by atoms with E-state index in [4.69, 9.17) is 4.99 Å². The second-order valence-electron chi connectivity index (χ2n) is 9.44. The van der Waals surface area contributed by atoms with E-state index in [1.165, 1.54) is 99.9 Å². The minimum atomic E-state index is 0.896. The lowest BCUT2D eigenvalue weighted by Gasteiger charge is -2.40. The summed E-state index contributed by atoms with van der Waals surface area (Å²) in [5.41, 5.74) is 4.13. The number of rotatable bonds is 14. The highest BCUT2D eigenvalue weighted by Gasteiger charge is 2.43. The van der Waals surface area contributed by atoms with Gasteiger partial charge < -0.3 is 0 Å². The van der Waals surface area contributed by atoms with Crippen LogP contribution in [0.3, 0.4) is 0 Å². The van der Waals surface area contributed by atoms with Crippen molar-refractivity contribution in [3.8, 4) is 0 Å². The van der Waals surface area contributed by atoms with Gasteiger partial charge in [0.25, 0.3) is 5.84 Å². The number of quaternary nitrogens is 1. The van der Waals surface area contributed by atoms with Crippen LogP contribution in [-0.2, 0) is 0 Å². The smallest absolute Gasteiger partial charge is 0.258 e. The Hall–Kier alpha value is -2.07. The van der Waals surface area contributed by atoms with Crippen LogP contribution in [0, 0.1) is 13.1 Å². The number of nitrogens with zero attached hydrogens (tertiary/aromatic N) is 4. The molecule has 4 nitrogen and oxygen atoms in total. The molecule has 0 radical (unpaired) electrons. The Labute approximate surface area is 196 Å². The van der Waals surface area contributed by atoms with Crippen LogP contribution in [0.2, 0.25) is 0 Å². The zero-order chi connectivity index (χ0) is 22.5. The van der Waals surface area contributed by atoms with Gasteiger partial charge in [-0.05, 0) is 25.7 Å². The molecule has 0 aliphatic carbocycles. The third-order valence-corrected chi connectivity index (χ3v) is 6.90. The van der Waals surface area contributed by atoms with Crippen LogP contribution in [0.25, 0.3) is 0 Å². The summed E-state index contributed by atoms with van der Waals surface area (Å²) >= 11 is 0. The highest BCUT2D eigenvalue weighted by molar-refractivity contribution is 5.98. The summed E-state index contributed by atoms with van der Waals surface area (Å²) in [5.74, 6) is 1.29. The molecule has 0 bridgehead atoms. The Balaban J connectivity index is 1.83. The van der Waals surface area contributed by atoms with Crippen molar-refractivity contribution < 1.29 is 4.48 Å². The van der Waals surface area contributed by atoms with Crippen LogP contribution in [0.15, 0.2) is 50.0 Å². The van der Waals surface area contributed by atoms with Gasteiger partial charge >= 0.3 is 0 Å². The van der Waals surface area contributed by atoms with E-state index in [0.717, 1.165) is 23.9 Å². The Morgan fingerprint density at radius 2 is 1.28 bits per heavy atom. The molecule has 0 saturated heterocycles. The average Bonchev–Trinajstić information content (AvgIpc) is 2.85. The molecule has 0 atom stereocenters. The normalized spacial score (nSPS) is 19.4. The van der Waals surface area contributed by atoms with Gasteiger partial charge in [-0.3, -0.25) is 4.48 Å². The topological polar surface area (TPSA) is 37.1 Å². The molecule has 3 aliphatic heterocycles. The molecule has 0 N–H and O–H groups in total. The fourth-order valence-electron chi connectivity index (χ4n) is 5.02. The lowest BCUT2D eigenvalue weighted by Crippen LogP contribution is -2.57. The molecule has 0 spiro atoms. The molecule has 3 heterocycles. The van der Waals surface area contributed by atoms with E-state index in [1.807, 2.05) is 25.5 Å². The van der Waals surface area contributed by atoms with Crippen molar-refractivity contribution >= 4 is 18.3 Å². The number of dihydropyridines is 2. The zero-order valence-corrected chi connectivity index (χ0v) is 20.4. The van der Waals surface area contributed by atoms with Gasteiger partial charge in [0.15, 0.2) is 0 Å². The molecule has 3 aliphatic rings. The van der Waals surface area contributed by atoms with Crippen molar-refractivity contribution in [2.45, 2.75) is 90.9 Å². The largest absolute Gasteiger partial charge is 0.288 e. The van der Waals surface area contributed by atoms with E-state index < -0.39 is 0 Å². The van der Waals surface area contributed by atoms with Gasteiger partial charge in [0.1, 0.15) is 44.1 Å². The summed E-state index contributed by atoms with van der Waals surface area (Å²) in [7, 11) is 0. The molecule has 0 fully saturated rings. The second-order valence-corrected chi connectivity index (χ2v) is 9.44. The van der Waals surface area contributed by atoms with Gasteiger partial charge in [-0.2, -0.15) is 4.99 Å². The Kier molecular flexibility index (Phi) is 10.3. The van der Waals surface area contributed by atoms with Crippen molar-refractivity contribution in [1.82, 2.24) is 0 Å². The van der Waals surface area contributed by atoms with Crippen molar-refractivity contribution in [1.29, 1.82) is 0 Å². The number of hydrogen-bond acceptors (Lipinski definition) is 3. The maximum atomic E-state index is 5.17. The molecule has 0 aromatic carbocycles. The maximum Gasteiger partial charge on any atom is 0.288 e. The first-order valence-electron chi connectivity index (χ1n) is 13.0. The number of amidine groups is 1. The lowest BCUT2D eigenvalue weighted by atomic mass is 9.96. The van der Waals surface area contributed by atoms with Crippen LogP contribution >= 0.6 is 0 Å². The first-order valence-corrected chi connectivity index (χ1v) is 13.0. The highest BCUT2D eigenvalue weighted by Crippen LogP contribution is 2.31. The summed E-state index contributed by atoms with van der Waals surface area (Å²) in [5, 5.41) is 0. The van der Waals surface area contributed by atoms with E-state index >= 15 is 0 Å². The summed E-state index contributed by atoms with van der Waals surface area (Å²) in [6.45, 7) is 11.9. The SMILES string of the molecule is CCCCCCC[N+]1(CCCCCCC)CC(C2=C[CH+]N=CC2)=CN=C1C1=C[CH+]N=CC1. The van der Waals surface area contributed by atoms with Crippen molar-refractivity contribution in [3.05, 3.63) is 48.2 Å². The zero-order valence-electron chi connectivity index (χ0n) is 20.4. The molecular formula is C28H43N4+3. The second kappa shape index (κ2) is 13.5. The van der Waals surface area contributed by atoms with Crippen molar-refractivity contribution in [3.63, 3.8) is 0 Å². The van der Waals surface area contributed by atoms with Gasteiger partial charge in [0.2, 0.25) is 0 Å².